The van der Waals surface area contributed by atoms with Crippen LogP contribution in [0.4, 0.5) is 0 Å². The van der Waals surface area contributed by atoms with Crippen LogP contribution in [0, 0.1) is 0 Å². The first-order chi connectivity index (χ1) is 6.56. The van der Waals surface area contributed by atoms with E-state index in [2.05, 4.69) is 0 Å². The fourth-order valence-electron chi connectivity index (χ4n) is 1.05. The molecule has 0 radical (unpaired) electrons. The molecule has 0 fully saturated rings. The molecule has 0 saturated heterocycles. The molecule has 1 aromatic carbocycles. The molecule has 0 amide bonds. The second-order valence-electron chi connectivity index (χ2n) is 2.86. The number of benzene rings is 1. The first kappa shape index (κ1) is 10.5. The lowest BCUT2D eigenvalue weighted by molar-refractivity contribution is -0.138. The minimum Gasteiger partial charge on any atom is -0.508 e. The third kappa shape index (κ3) is 2.01. The molecular weight excluding hydrogens is 186 g/mol. The molecule has 5 nitrogen and oxygen atoms in total. The summed E-state index contributed by atoms with van der Waals surface area (Å²) in [5.74, 6) is -1.32. The number of phenols is 1. The molecule has 0 aliphatic rings. The maximum Gasteiger partial charge on any atom is 0.325 e. The predicted molar refractivity (Wildman–Crippen MR) is 48.6 cm³/mol. The first-order valence-electron chi connectivity index (χ1n) is 3.97. The number of carboxylic acids is 1. The Balaban J connectivity index is 3.02. The number of hydrogen-bond donors (Lipinski definition) is 4. The van der Waals surface area contributed by atoms with Gasteiger partial charge in [0.15, 0.2) is 0 Å². The molecule has 0 bridgehead atoms. The largest absolute Gasteiger partial charge is 0.508 e. The lowest BCUT2D eigenvalue weighted by Crippen LogP contribution is -2.20. The van der Waals surface area contributed by atoms with Gasteiger partial charge in [-0.25, -0.2) is 0 Å². The molecule has 5 N–H and O–H groups in total. The zero-order chi connectivity index (χ0) is 10.7. The summed E-state index contributed by atoms with van der Waals surface area (Å²) in [6, 6.07) is 2.98. The van der Waals surface area contributed by atoms with Crippen LogP contribution >= 0.6 is 0 Å². The number of aliphatic hydroxyl groups excluding tert-OH is 1. The number of hydrogen-bond acceptors (Lipinski definition) is 4. The van der Waals surface area contributed by atoms with Crippen LogP contribution in [0.5, 0.6) is 5.75 Å². The van der Waals surface area contributed by atoms with Crippen molar-refractivity contribution in [2.75, 3.05) is 0 Å². The summed E-state index contributed by atoms with van der Waals surface area (Å²) in [4.78, 5) is 10.5. The third-order valence-corrected chi connectivity index (χ3v) is 1.90. The van der Waals surface area contributed by atoms with Crippen LogP contribution in [0.15, 0.2) is 18.2 Å². The summed E-state index contributed by atoms with van der Waals surface area (Å²) in [7, 11) is 0. The molecular formula is C9H11NO4. The minimum atomic E-state index is -1.17. The summed E-state index contributed by atoms with van der Waals surface area (Å²) in [5, 5.41) is 26.7. The molecule has 1 aromatic rings. The summed E-state index contributed by atoms with van der Waals surface area (Å²) >= 11 is 0. The zero-order valence-corrected chi connectivity index (χ0v) is 7.34. The summed E-state index contributed by atoms with van der Waals surface area (Å²) < 4.78 is 0. The lowest BCUT2D eigenvalue weighted by atomic mass is 10.0. The number of aliphatic hydroxyl groups is 1. The highest BCUT2D eigenvalue weighted by atomic mass is 16.4. The monoisotopic (exact) mass is 197 g/mol. The summed E-state index contributed by atoms with van der Waals surface area (Å²) in [5.41, 5.74) is 5.96. The molecule has 0 saturated carbocycles. The highest BCUT2D eigenvalue weighted by molar-refractivity contribution is 5.75. The van der Waals surface area contributed by atoms with Gasteiger partial charge in [0, 0.05) is 5.56 Å². The minimum absolute atomic E-state index is 0.151. The fraction of sp³-hybridized carbons (Fsp3) is 0.222. The maximum atomic E-state index is 10.5. The Labute approximate surface area is 80.4 Å². The molecule has 0 aliphatic heterocycles. The SMILES string of the molecule is N[C@@H](C(=O)O)c1ccc(CO)c(O)c1. The number of nitrogens with two attached hydrogens (primary N) is 1. The van der Waals surface area contributed by atoms with Gasteiger partial charge in [-0.1, -0.05) is 12.1 Å². The molecule has 0 heterocycles. The molecule has 1 rings (SSSR count). The smallest absolute Gasteiger partial charge is 0.325 e. The van der Waals surface area contributed by atoms with Crippen LogP contribution in [0.2, 0.25) is 0 Å². The average Bonchev–Trinajstić information content (AvgIpc) is 2.16. The van der Waals surface area contributed by atoms with Crippen molar-refractivity contribution >= 4 is 5.97 Å². The number of rotatable bonds is 3. The van der Waals surface area contributed by atoms with Gasteiger partial charge in [-0.15, -0.1) is 0 Å². The fourth-order valence-corrected chi connectivity index (χ4v) is 1.05. The average molecular weight is 197 g/mol. The highest BCUT2D eigenvalue weighted by Crippen LogP contribution is 2.21. The van der Waals surface area contributed by atoms with Crippen molar-refractivity contribution in [3.8, 4) is 5.75 Å². The van der Waals surface area contributed by atoms with Gasteiger partial charge in [0.25, 0.3) is 0 Å². The number of carbonyl (C=O) groups is 1. The van der Waals surface area contributed by atoms with Crippen molar-refractivity contribution in [1.82, 2.24) is 0 Å². The Bertz CT molecular complexity index is 351. The Kier molecular flexibility index (Phi) is 3.06. The standard InChI is InChI=1S/C9H11NO4/c10-8(9(13)14)5-1-2-6(4-11)7(12)3-5/h1-3,8,11-12H,4,10H2,(H,13,14)/t8-/m1/s1. The van der Waals surface area contributed by atoms with E-state index in [0.717, 1.165) is 0 Å². The van der Waals surface area contributed by atoms with Crippen molar-refractivity contribution in [3.05, 3.63) is 29.3 Å². The van der Waals surface area contributed by atoms with Crippen molar-refractivity contribution in [1.29, 1.82) is 0 Å². The second kappa shape index (κ2) is 4.08. The van der Waals surface area contributed by atoms with E-state index < -0.39 is 12.0 Å². The van der Waals surface area contributed by atoms with E-state index in [4.69, 9.17) is 15.9 Å². The van der Waals surface area contributed by atoms with Gasteiger partial charge in [0.2, 0.25) is 0 Å². The predicted octanol–water partition coefficient (Wildman–Crippen LogP) is -0.0311. The van der Waals surface area contributed by atoms with Gasteiger partial charge in [-0.2, -0.15) is 0 Å². The normalized spacial score (nSPS) is 12.4. The van der Waals surface area contributed by atoms with Gasteiger partial charge in [0.1, 0.15) is 11.8 Å². The van der Waals surface area contributed by atoms with Crippen LogP contribution in [0.25, 0.3) is 0 Å². The molecule has 0 aromatic heterocycles. The van der Waals surface area contributed by atoms with E-state index in [1.54, 1.807) is 0 Å². The van der Waals surface area contributed by atoms with E-state index in [-0.39, 0.29) is 12.4 Å². The van der Waals surface area contributed by atoms with Crippen LogP contribution in [0.3, 0.4) is 0 Å². The molecule has 1 atom stereocenters. The number of aromatic hydroxyl groups is 1. The van der Waals surface area contributed by atoms with Crippen LogP contribution < -0.4 is 5.73 Å². The van der Waals surface area contributed by atoms with Crippen molar-refractivity contribution in [2.24, 2.45) is 5.73 Å². The summed E-state index contributed by atoms with van der Waals surface area (Å²) in [6.45, 7) is -0.297. The third-order valence-electron chi connectivity index (χ3n) is 1.90. The van der Waals surface area contributed by atoms with E-state index in [1.807, 2.05) is 0 Å². The number of aliphatic carboxylic acids is 1. The molecule has 76 valence electrons. The Morgan fingerprint density at radius 2 is 2.14 bits per heavy atom. The quantitative estimate of drug-likeness (QED) is 0.544. The summed E-state index contributed by atoms with van der Waals surface area (Å²) in [6.07, 6.45) is 0. The Morgan fingerprint density at radius 3 is 2.57 bits per heavy atom. The van der Waals surface area contributed by atoms with Gasteiger partial charge < -0.3 is 21.1 Å². The van der Waals surface area contributed by atoms with E-state index in [1.165, 1.54) is 18.2 Å². The van der Waals surface area contributed by atoms with E-state index in [0.29, 0.717) is 11.1 Å². The van der Waals surface area contributed by atoms with Crippen molar-refractivity contribution in [2.45, 2.75) is 12.6 Å². The molecule has 0 unspecified atom stereocenters. The molecule has 0 spiro atoms. The Hall–Kier alpha value is -1.59. The second-order valence-corrected chi connectivity index (χ2v) is 2.86. The highest BCUT2D eigenvalue weighted by Gasteiger charge is 2.15. The zero-order valence-electron chi connectivity index (χ0n) is 7.34. The van der Waals surface area contributed by atoms with Gasteiger partial charge in [-0.3, -0.25) is 4.79 Å². The lowest BCUT2D eigenvalue weighted by Gasteiger charge is -2.08. The maximum absolute atomic E-state index is 10.5. The van der Waals surface area contributed by atoms with Crippen LogP contribution in [-0.2, 0) is 11.4 Å². The molecule has 14 heavy (non-hydrogen) atoms. The topological polar surface area (TPSA) is 104 Å². The molecule has 0 aliphatic carbocycles. The van der Waals surface area contributed by atoms with Crippen LogP contribution in [-0.4, -0.2) is 21.3 Å². The van der Waals surface area contributed by atoms with E-state index in [9.17, 15) is 9.90 Å². The van der Waals surface area contributed by atoms with Gasteiger partial charge >= 0.3 is 5.97 Å². The first-order valence-corrected chi connectivity index (χ1v) is 3.97. The van der Waals surface area contributed by atoms with Gasteiger partial charge in [-0.05, 0) is 11.6 Å². The van der Waals surface area contributed by atoms with Crippen molar-refractivity contribution < 1.29 is 20.1 Å². The van der Waals surface area contributed by atoms with Crippen LogP contribution in [0.1, 0.15) is 17.2 Å². The molecule has 5 heteroatoms. The Morgan fingerprint density at radius 1 is 1.50 bits per heavy atom. The number of carboxylic acid groups (broad SMARTS) is 1. The van der Waals surface area contributed by atoms with E-state index >= 15 is 0 Å². The van der Waals surface area contributed by atoms with Gasteiger partial charge in [0.05, 0.1) is 6.61 Å². The van der Waals surface area contributed by atoms with Crippen molar-refractivity contribution in [3.63, 3.8) is 0 Å².